The van der Waals surface area contributed by atoms with Gasteiger partial charge >= 0.3 is 0 Å². The van der Waals surface area contributed by atoms with E-state index >= 15 is 0 Å². The molecular formula is C58H105NO4. The third-order valence-electron chi connectivity index (χ3n) is 17.7. The molecule has 3 saturated carbocycles. The van der Waals surface area contributed by atoms with E-state index in [9.17, 15) is 0 Å². The van der Waals surface area contributed by atoms with Crippen molar-refractivity contribution in [3.05, 3.63) is 23.8 Å². The highest BCUT2D eigenvalue weighted by molar-refractivity contribution is 5.25. The Morgan fingerprint density at radius 1 is 0.730 bits per heavy atom. The van der Waals surface area contributed by atoms with E-state index in [1.54, 1.807) is 5.57 Å². The van der Waals surface area contributed by atoms with Gasteiger partial charge in [0.15, 0.2) is 0 Å². The Kier molecular flexibility index (Phi) is 24.7. The van der Waals surface area contributed by atoms with Crippen molar-refractivity contribution in [3.63, 3.8) is 0 Å². The minimum Gasteiger partial charge on any atom is -0.379 e. The van der Waals surface area contributed by atoms with Crippen LogP contribution in [0.15, 0.2) is 23.8 Å². The van der Waals surface area contributed by atoms with Crippen LogP contribution in [0.4, 0.5) is 0 Å². The van der Waals surface area contributed by atoms with Crippen molar-refractivity contribution in [1.82, 2.24) is 4.90 Å². The zero-order valence-corrected chi connectivity index (χ0v) is 43.0. The minimum atomic E-state index is 0.111. The number of ether oxygens (including phenoxy) is 4. The maximum atomic E-state index is 6.53. The highest BCUT2D eigenvalue weighted by Crippen LogP contribution is 2.67. The van der Waals surface area contributed by atoms with Crippen molar-refractivity contribution in [2.75, 3.05) is 59.3 Å². The summed E-state index contributed by atoms with van der Waals surface area (Å²) in [4.78, 5) is 2.60. The van der Waals surface area contributed by atoms with E-state index in [0.29, 0.717) is 50.0 Å². The summed E-state index contributed by atoms with van der Waals surface area (Å²) in [7, 11) is 0. The van der Waals surface area contributed by atoms with E-state index in [2.05, 4.69) is 71.6 Å². The third-order valence-corrected chi connectivity index (χ3v) is 17.7. The number of piperidine rings is 1. The van der Waals surface area contributed by atoms with Crippen molar-refractivity contribution in [3.8, 4) is 0 Å². The fourth-order valence-electron chi connectivity index (χ4n) is 14.0. The van der Waals surface area contributed by atoms with Crippen LogP contribution in [0.1, 0.15) is 222 Å². The number of allylic oxidation sites excluding steroid dienone is 3. The molecule has 10 atom stereocenters. The average molecular weight is 880 g/mol. The van der Waals surface area contributed by atoms with Crippen LogP contribution in [0, 0.1) is 52.3 Å². The lowest BCUT2D eigenvalue weighted by Crippen LogP contribution is -2.51. The first-order chi connectivity index (χ1) is 30.6. The highest BCUT2D eigenvalue weighted by atomic mass is 16.6. The number of rotatable bonds is 33. The molecule has 0 aromatic heterocycles. The summed E-state index contributed by atoms with van der Waals surface area (Å²) in [5.74, 6) is 6.14. The van der Waals surface area contributed by atoms with Crippen molar-refractivity contribution in [2.45, 2.75) is 234 Å². The molecular weight excluding hydrogens is 775 g/mol. The van der Waals surface area contributed by atoms with Gasteiger partial charge in [0.05, 0.1) is 45.2 Å². The van der Waals surface area contributed by atoms with Crippen LogP contribution in [-0.2, 0) is 18.9 Å². The van der Waals surface area contributed by atoms with Crippen LogP contribution < -0.4 is 0 Å². The SMILES string of the molecule is CCCCCCCC/C=C\CCCCCCCCOCC(CN1CCCC(C)C1)OCCOCCO[C@H]1CC[C@@]2(C)C(=CC[C@H]3[C@@H]4CC[C@H]([C@H](C)CCCC(C)C)[C@@]4(C)CC[C@@H]32)C1. The van der Waals surface area contributed by atoms with Gasteiger partial charge in [-0.2, -0.15) is 0 Å². The van der Waals surface area contributed by atoms with Crippen molar-refractivity contribution in [2.24, 2.45) is 52.3 Å². The van der Waals surface area contributed by atoms with Gasteiger partial charge in [0.1, 0.15) is 0 Å². The second kappa shape index (κ2) is 29.2. The zero-order valence-electron chi connectivity index (χ0n) is 43.0. The molecule has 5 rings (SSSR count). The number of fused-ring (bicyclic) bond motifs is 5. The highest BCUT2D eigenvalue weighted by Gasteiger charge is 2.59. The molecule has 0 aromatic rings. The first kappa shape index (κ1) is 53.2. The molecule has 1 saturated heterocycles. The maximum absolute atomic E-state index is 6.53. The summed E-state index contributed by atoms with van der Waals surface area (Å²) >= 11 is 0. The molecule has 0 aromatic carbocycles. The smallest absolute Gasteiger partial charge is 0.0936 e. The molecule has 0 bridgehead atoms. The zero-order chi connectivity index (χ0) is 44.8. The lowest BCUT2D eigenvalue weighted by atomic mass is 9.47. The summed E-state index contributed by atoms with van der Waals surface area (Å²) in [6.07, 6.45) is 44.5. The van der Waals surface area contributed by atoms with Crippen molar-refractivity contribution < 1.29 is 18.9 Å². The second-order valence-electron chi connectivity index (χ2n) is 23.2. The molecule has 2 unspecified atom stereocenters. The minimum absolute atomic E-state index is 0.111. The monoisotopic (exact) mass is 880 g/mol. The van der Waals surface area contributed by atoms with Crippen LogP contribution in [0.2, 0.25) is 0 Å². The maximum Gasteiger partial charge on any atom is 0.0936 e. The Labute approximate surface area is 391 Å². The third kappa shape index (κ3) is 17.4. The molecule has 1 aliphatic heterocycles. The largest absolute Gasteiger partial charge is 0.379 e. The molecule has 4 aliphatic carbocycles. The number of hydrogen-bond donors (Lipinski definition) is 0. The van der Waals surface area contributed by atoms with Gasteiger partial charge < -0.3 is 23.8 Å². The fourth-order valence-corrected chi connectivity index (χ4v) is 14.0. The quantitative estimate of drug-likeness (QED) is 0.0485. The van der Waals surface area contributed by atoms with Gasteiger partial charge in [-0.25, -0.2) is 0 Å². The molecule has 63 heavy (non-hydrogen) atoms. The first-order valence-corrected chi connectivity index (χ1v) is 28.1. The van der Waals surface area contributed by atoms with E-state index in [-0.39, 0.29) is 6.10 Å². The van der Waals surface area contributed by atoms with E-state index in [1.807, 2.05) is 0 Å². The van der Waals surface area contributed by atoms with E-state index in [0.717, 1.165) is 67.4 Å². The molecule has 0 spiro atoms. The molecule has 1 heterocycles. The van der Waals surface area contributed by atoms with Gasteiger partial charge in [-0.15, -0.1) is 0 Å². The standard InChI is InChI=1S/C58H105NO4/c1-8-9-10-11-12-13-14-15-16-17-18-19-20-21-22-23-38-61-46-52(45-59-37-25-27-48(4)44-59)63-42-40-60-39-41-62-51-33-35-57(6)50(43-51)29-30-53-55-32-31-54(49(5)28-24-26-47(2)3)58(55,7)36-34-56(53)57/h15-16,29,47-49,51-56H,8-14,17-28,30-46H2,1-7H3/b16-15-/t48?,49-,51+,52?,53+,54-,55+,56+,57+,58-/m1/s1. The summed E-state index contributed by atoms with van der Waals surface area (Å²) in [5, 5.41) is 0. The topological polar surface area (TPSA) is 40.2 Å². The van der Waals surface area contributed by atoms with Crippen LogP contribution in [0.5, 0.6) is 0 Å². The van der Waals surface area contributed by atoms with Crippen LogP contribution in [0.3, 0.4) is 0 Å². The second-order valence-corrected chi connectivity index (χ2v) is 23.2. The number of unbranched alkanes of at least 4 members (excludes halogenated alkanes) is 12. The Hall–Kier alpha value is -0.720. The van der Waals surface area contributed by atoms with Crippen LogP contribution >= 0.6 is 0 Å². The van der Waals surface area contributed by atoms with Crippen LogP contribution in [0.25, 0.3) is 0 Å². The summed E-state index contributed by atoms with van der Waals surface area (Å²) < 4.78 is 25.3. The first-order valence-electron chi connectivity index (χ1n) is 28.1. The lowest BCUT2D eigenvalue weighted by Gasteiger charge is -2.58. The lowest BCUT2D eigenvalue weighted by molar-refractivity contribution is -0.0741. The molecule has 4 fully saturated rings. The molecule has 0 radical (unpaired) electrons. The molecule has 0 amide bonds. The Morgan fingerprint density at radius 3 is 2.21 bits per heavy atom. The molecule has 366 valence electrons. The normalized spacial score (nSPS) is 31.0. The predicted octanol–water partition coefficient (Wildman–Crippen LogP) is 15.6. The molecule has 5 aliphatic rings. The molecule has 5 nitrogen and oxygen atoms in total. The summed E-state index contributed by atoms with van der Waals surface area (Å²) in [5.41, 5.74) is 2.68. The summed E-state index contributed by atoms with van der Waals surface area (Å²) in [6, 6.07) is 0. The van der Waals surface area contributed by atoms with Gasteiger partial charge in [-0.3, -0.25) is 0 Å². The fraction of sp³-hybridized carbons (Fsp3) is 0.931. The number of nitrogens with zero attached hydrogens (tertiary/aromatic N) is 1. The Morgan fingerprint density at radius 2 is 1.46 bits per heavy atom. The van der Waals surface area contributed by atoms with Crippen molar-refractivity contribution >= 4 is 0 Å². The summed E-state index contributed by atoms with van der Waals surface area (Å²) in [6.45, 7) is 24.9. The van der Waals surface area contributed by atoms with Crippen LogP contribution in [-0.4, -0.2) is 76.4 Å². The van der Waals surface area contributed by atoms with E-state index in [1.165, 1.54) is 174 Å². The average Bonchev–Trinajstić information content (AvgIpc) is 3.62. The van der Waals surface area contributed by atoms with Gasteiger partial charge in [0, 0.05) is 19.7 Å². The van der Waals surface area contributed by atoms with Gasteiger partial charge in [-0.1, -0.05) is 149 Å². The molecule has 5 heteroatoms. The van der Waals surface area contributed by atoms with Gasteiger partial charge in [0.2, 0.25) is 0 Å². The van der Waals surface area contributed by atoms with E-state index in [4.69, 9.17) is 18.9 Å². The Balaban J connectivity index is 0.918. The predicted molar refractivity (Wildman–Crippen MR) is 268 cm³/mol. The Bertz CT molecular complexity index is 1270. The van der Waals surface area contributed by atoms with Crippen molar-refractivity contribution in [1.29, 1.82) is 0 Å². The molecule has 0 N–H and O–H groups in total. The van der Waals surface area contributed by atoms with Gasteiger partial charge in [-0.05, 0) is 155 Å². The number of likely N-dealkylation sites (tertiary alicyclic amines) is 1. The van der Waals surface area contributed by atoms with Gasteiger partial charge in [0.25, 0.3) is 0 Å². The van der Waals surface area contributed by atoms with E-state index < -0.39 is 0 Å². The number of hydrogen-bond acceptors (Lipinski definition) is 5.